The lowest BCUT2D eigenvalue weighted by Crippen LogP contribution is -2.23. The Morgan fingerprint density at radius 3 is 2.37 bits per heavy atom. The van der Waals surface area contributed by atoms with Crippen LogP contribution >= 0.6 is 0 Å². The summed E-state index contributed by atoms with van der Waals surface area (Å²) in [4.78, 5) is 6.05. The molecule has 1 aromatic rings. The molecule has 1 aromatic carbocycles. The highest BCUT2D eigenvalue weighted by Crippen LogP contribution is 2.30. The van der Waals surface area contributed by atoms with Crippen LogP contribution in [0.4, 0.5) is 11.4 Å². The maximum absolute atomic E-state index is 11.8. The van der Waals surface area contributed by atoms with Gasteiger partial charge in [-0.05, 0) is 44.0 Å². The second-order valence-corrected chi connectivity index (χ2v) is 6.68. The predicted octanol–water partition coefficient (Wildman–Crippen LogP) is 2.08. The highest BCUT2D eigenvalue weighted by Gasteiger charge is 2.35. The van der Waals surface area contributed by atoms with E-state index in [1.54, 1.807) is 19.2 Å². The van der Waals surface area contributed by atoms with Gasteiger partial charge in [0, 0.05) is 25.5 Å². The van der Waals surface area contributed by atoms with Gasteiger partial charge in [0.1, 0.15) is 0 Å². The lowest BCUT2D eigenvalue weighted by molar-refractivity contribution is 0.600. The van der Waals surface area contributed by atoms with E-state index in [1.807, 2.05) is 31.0 Å². The molecule has 0 heterocycles. The Hall–Kier alpha value is -1.56. The molecule has 1 N–H and O–H groups in total. The van der Waals surface area contributed by atoms with Crippen molar-refractivity contribution in [2.75, 3.05) is 23.7 Å². The molecule has 0 saturated heterocycles. The van der Waals surface area contributed by atoms with Crippen LogP contribution in [-0.4, -0.2) is 33.6 Å². The summed E-state index contributed by atoms with van der Waals surface area (Å²) in [6, 6.07) is 7.29. The standard InChI is InChI=1S/C13H19N3O2S/c1-10(14-2)16(3)12-6-4-11(5-7-12)15-19(17,18)13-8-9-13/h4-7,13,15H,8-9H2,1-3H3. The van der Waals surface area contributed by atoms with Gasteiger partial charge in [-0.3, -0.25) is 9.71 Å². The van der Waals surface area contributed by atoms with Gasteiger partial charge in [0.2, 0.25) is 10.0 Å². The second kappa shape index (κ2) is 5.21. The summed E-state index contributed by atoms with van der Waals surface area (Å²) in [5.41, 5.74) is 1.58. The first kappa shape index (κ1) is 13.9. The van der Waals surface area contributed by atoms with Gasteiger partial charge >= 0.3 is 0 Å². The normalized spacial score (nSPS) is 16.3. The van der Waals surface area contributed by atoms with Crippen molar-refractivity contribution < 1.29 is 8.42 Å². The van der Waals surface area contributed by atoms with Gasteiger partial charge in [-0.15, -0.1) is 0 Å². The summed E-state index contributed by atoms with van der Waals surface area (Å²) >= 11 is 0. The molecule has 2 rings (SSSR count). The maximum Gasteiger partial charge on any atom is 0.235 e. The number of hydrogen-bond donors (Lipinski definition) is 1. The number of benzene rings is 1. The molecule has 0 radical (unpaired) electrons. The first-order chi connectivity index (χ1) is 8.94. The molecule has 1 aliphatic rings. The van der Waals surface area contributed by atoms with E-state index in [-0.39, 0.29) is 5.25 Å². The van der Waals surface area contributed by atoms with Crippen molar-refractivity contribution in [3.63, 3.8) is 0 Å². The summed E-state index contributed by atoms with van der Waals surface area (Å²) in [7, 11) is 0.481. The summed E-state index contributed by atoms with van der Waals surface area (Å²) in [6.07, 6.45) is 1.53. The zero-order valence-electron chi connectivity index (χ0n) is 11.4. The second-order valence-electron chi connectivity index (χ2n) is 4.72. The minimum Gasteiger partial charge on any atom is -0.334 e. The Bertz CT molecular complexity index is 574. The first-order valence-electron chi connectivity index (χ1n) is 6.23. The third-order valence-corrected chi connectivity index (χ3v) is 5.16. The third kappa shape index (κ3) is 3.26. The summed E-state index contributed by atoms with van der Waals surface area (Å²) < 4.78 is 26.2. The fourth-order valence-corrected chi connectivity index (χ4v) is 3.10. The Morgan fingerprint density at radius 2 is 1.89 bits per heavy atom. The van der Waals surface area contributed by atoms with E-state index >= 15 is 0 Å². The van der Waals surface area contributed by atoms with Gasteiger partial charge in [0.25, 0.3) is 0 Å². The van der Waals surface area contributed by atoms with Gasteiger partial charge in [-0.2, -0.15) is 0 Å². The molecule has 0 unspecified atom stereocenters. The average molecular weight is 281 g/mol. The molecule has 6 heteroatoms. The molecule has 1 fully saturated rings. The molecule has 0 aromatic heterocycles. The average Bonchev–Trinajstić information content (AvgIpc) is 3.22. The SMILES string of the molecule is CN=C(C)N(C)c1ccc(NS(=O)(=O)C2CC2)cc1. The molecule has 104 valence electrons. The zero-order valence-corrected chi connectivity index (χ0v) is 12.2. The van der Waals surface area contributed by atoms with Gasteiger partial charge in [-0.1, -0.05) is 0 Å². The highest BCUT2D eigenvalue weighted by atomic mass is 32.2. The molecule has 0 amide bonds. The van der Waals surface area contributed by atoms with Crippen LogP contribution in [0.1, 0.15) is 19.8 Å². The van der Waals surface area contributed by atoms with Crippen LogP contribution in [0.15, 0.2) is 29.3 Å². The number of amidine groups is 1. The molecule has 0 bridgehead atoms. The van der Waals surface area contributed by atoms with Crippen LogP contribution in [0.2, 0.25) is 0 Å². The number of aliphatic imine (C=N–C) groups is 1. The Labute approximate surface area is 114 Å². The van der Waals surface area contributed by atoms with Crippen LogP contribution in [0, 0.1) is 0 Å². The minimum absolute atomic E-state index is 0.204. The quantitative estimate of drug-likeness (QED) is 0.679. The summed E-state index contributed by atoms with van der Waals surface area (Å²) in [5, 5.41) is -0.204. The van der Waals surface area contributed by atoms with Crippen molar-refractivity contribution in [3.05, 3.63) is 24.3 Å². The number of nitrogens with one attached hydrogen (secondary N) is 1. The van der Waals surface area contributed by atoms with E-state index in [0.29, 0.717) is 5.69 Å². The largest absolute Gasteiger partial charge is 0.334 e. The monoisotopic (exact) mass is 281 g/mol. The van der Waals surface area contributed by atoms with Gasteiger partial charge < -0.3 is 4.90 Å². The van der Waals surface area contributed by atoms with Gasteiger partial charge in [0.15, 0.2) is 0 Å². The molecule has 5 nitrogen and oxygen atoms in total. The van der Waals surface area contributed by atoms with Gasteiger partial charge in [-0.25, -0.2) is 8.42 Å². The van der Waals surface area contributed by atoms with Crippen LogP contribution in [0.3, 0.4) is 0 Å². The van der Waals surface area contributed by atoms with Crippen molar-refractivity contribution in [2.24, 2.45) is 4.99 Å². The lowest BCUT2D eigenvalue weighted by atomic mass is 10.2. The molecular formula is C13H19N3O2S. The maximum atomic E-state index is 11.8. The van der Waals surface area contributed by atoms with E-state index in [9.17, 15) is 8.42 Å². The molecule has 1 saturated carbocycles. The van der Waals surface area contributed by atoms with Crippen molar-refractivity contribution in [1.82, 2.24) is 0 Å². The first-order valence-corrected chi connectivity index (χ1v) is 7.77. The summed E-state index contributed by atoms with van der Waals surface area (Å²) in [6.45, 7) is 1.92. The third-order valence-electron chi connectivity index (χ3n) is 3.29. The van der Waals surface area contributed by atoms with Crippen molar-refractivity contribution in [1.29, 1.82) is 0 Å². The van der Waals surface area contributed by atoms with E-state index in [4.69, 9.17) is 0 Å². The van der Waals surface area contributed by atoms with E-state index < -0.39 is 10.0 Å². The number of sulfonamides is 1. The fourth-order valence-electron chi connectivity index (χ4n) is 1.72. The van der Waals surface area contributed by atoms with Crippen LogP contribution in [-0.2, 0) is 10.0 Å². The topological polar surface area (TPSA) is 61.8 Å². The fraction of sp³-hybridized carbons (Fsp3) is 0.462. The van der Waals surface area contributed by atoms with E-state index in [0.717, 1.165) is 24.4 Å². The molecule has 19 heavy (non-hydrogen) atoms. The lowest BCUT2D eigenvalue weighted by Gasteiger charge is -2.18. The Morgan fingerprint density at radius 1 is 1.32 bits per heavy atom. The molecule has 0 spiro atoms. The number of rotatable bonds is 4. The van der Waals surface area contributed by atoms with Crippen molar-refractivity contribution >= 4 is 27.2 Å². The molecule has 0 atom stereocenters. The van der Waals surface area contributed by atoms with Crippen molar-refractivity contribution in [3.8, 4) is 0 Å². The molecule has 1 aliphatic carbocycles. The smallest absolute Gasteiger partial charge is 0.235 e. The number of hydrogen-bond acceptors (Lipinski definition) is 3. The van der Waals surface area contributed by atoms with Crippen LogP contribution in [0.5, 0.6) is 0 Å². The minimum atomic E-state index is -3.18. The zero-order chi connectivity index (χ0) is 14.0. The predicted molar refractivity (Wildman–Crippen MR) is 79.4 cm³/mol. The number of anilines is 2. The molecular weight excluding hydrogens is 262 g/mol. The van der Waals surface area contributed by atoms with Crippen molar-refractivity contribution in [2.45, 2.75) is 25.0 Å². The Balaban J connectivity index is 2.10. The van der Waals surface area contributed by atoms with Crippen LogP contribution in [0.25, 0.3) is 0 Å². The van der Waals surface area contributed by atoms with E-state index in [2.05, 4.69) is 9.71 Å². The summed E-state index contributed by atoms with van der Waals surface area (Å²) in [5.74, 6) is 0.895. The highest BCUT2D eigenvalue weighted by molar-refractivity contribution is 7.93. The van der Waals surface area contributed by atoms with Crippen LogP contribution < -0.4 is 9.62 Å². The molecule has 0 aliphatic heterocycles. The van der Waals surface area contributed by atoms with Gasteiger partial charge in [0.05, 0.1) is 11.1 Å². The number of nitrogens with zero attached hydrogens (tertiary/aromatic N) is 2. The Kier molecular flexibility index (Phi) is 3.80. The van der Waals surface area contributed by atoms with E-state index in [1.165, 1.54) is 0 Å².